The fourth-order valence-corrected chi connectivity index (χ4v) is 3.23. The maximum Gasteiger partial charge on any atom is 0.289 e. The first-order chi connectivity index (χ1) is 13.2. The Hall–Kier alpha value is -2.92. The van der Waals surface area contributed by atoms with Crippen molar-refractivity contribution in [3.63, 3.8) is 0 Å². The van der Waals surface area contributed by atoms with E-state index >= 15 is 0 Å². The quantitative estimate of drug-likeness (QED) is 0.622. The SMILES string of the molecule is CCN(Cc1ccc2c(c1)OCO2)C(=O)c1ccc(-c2ccccc2Cl)o1. The normalized spacial score (nSPS) is 12.2. The molecule has 6 heteroatoms. The Morgan fingerprint density at radius 2 is 1.89 bits per heavy atom. The molecule has 0 fully saturated rings. The summed E-state index contributed by atoms with van der Waals surface area (Å²) in [7, 11) is 0. The first-order valence-electron chi connectivity index (χ1n) is 8.68. The van der Waals surface area contributed by atoms with Crippen molar-refractivity contribution in [1.82, 2.24) is 4.90 Å². The molecule has 1 aliphatic rings. The molecule has 138 valence electrons. The molecule has 27 heavy (non-hydrogen) atoms. The number of hydrogen-bond donors (Lipinski definition) is 0. The molecule has 0 atom stereocenters. The monoisotopic (exact) mass is 383 g/mol. The van der Waals surface area contributed by atoms with Crippen LogP contribution < -0.4 is 9.47 Å². The third kappa shape index (κ3) is 3.51. The number of rotatable bonds is 5. The molecule has 3 aromatic rings. The van der Waals surface area contributed by atoms with Crippen molar-refractivity contribution in [3.8, 4) is 22.8 Å². The van der Waals surface area contributed by atoms with Gasteiger partial charge >= 0.3 is 0 Å². The van der Waals surface area contributed by atoms with Gasteiger partial charge in [0, 0.05) is 18.7 Å². The zero-order valence-electron chi connectivity index (χ0n) is 14.8. The predicted molar refractivity (Wildman–Crippen MR) is 102 cm³/mol. The van der Waals surface area contributed by atoms with Crippen LogP contribution in [-0.2, 0) is 6.54 Å². The number of amides is 1. The molecule has 0 radical (unpaired) electrons. The predicted octanol–water partition coefficient (Wildman–Crippen LogP) is 4.99. The maximum absolute atomic E-state index is 12.9. The zero-order valence-corrected chi connectivity index (χ0v) is 15.5. The van der Waals surface area contributed by atoms with Crippen LogP contribution in [0.5, 0.6) is 11.5 Å². The highest BCUT2D eigenvalue weighted by atomic mass is 35.5. The lowest BCUT2D eigenvalue weighted by atomic mass is 10.2. The van der Waals surface area contributed by atoms with Crippen LogP contribution in [0.1, 0.15) is 23.0 Å². The fourth-order valence-electron chi connectivity index (χ4n) is 3.00. The largest absolute Gasteiger partial charge is 0.454 e. The summed E-state index contributed by atoms with van der Waals surface area (Å²) >= 11 is 6.21. The van der Waals surface area contributed by atoms with E-state index in [-0.39, 0.29) is 18.5 Å². The number of carbonyl (C=O) groups is 1. The number of ether oxygens (including phenoxy) is 2. The number of furan rings is 1. The van der Waals surface area contributed by atoms with Gasteiger partial charge in [-0.15, -0.1) is 0 Å². The second-order valence-corrected chi connectivity index (χ2v) is 6.56. The van der Waals surface area contributed by atoms with E-state index in [0.717, 1.165) is 16.9 Å². The van der Waals surface area contributed by atoms with Gasteiger partial charge in [-0.25, -0.2) is 0 Å². The van der Waals surface area contributed by atoms with Gasteiger partial charge in [-0.05, 0) is 48.9 Å². The maximum atomic E-state index is 12.9. The molecule has 2 aromatic carbocycles. The lowest BCUT2D eigenvalue weighted by molar-refractivity contribution is 0.0721. The van der Waals surface area contributed by atoms with Gasteiger partial charge < -0.3 is 18.8 Å². The van der Waals surface area contributed by atoms with E-state index in [1.54, 1.807) is 23.1 Å². The van der Waals surface area contributed by atoms with Crippen LogP contribution in [0.3, 0.4) is 0 Å². The van der Waals surface area contributed by atoms with Crippen LogP contribution in [0.2, 0.25) is 5.02 Å². The number of carbonyl (C=O) groups excluding carboxylic acids is 1. The standard InChI is InChI=1S/C21H18ClNO4/c1-2-23(12-14-7-8-18-20(11-14)26-13-25-18)21(24)19-10-9-17(27-19)15-5-3-4-6-16(15)22/h3-11H,2,12-13H2,1H3. The minimum absolute atomic E-state index is 0.173. The van der Waals surface area contributed by atoms with E-state index in [2.05, 4.69) is 0 Å². The Bertz CT molecular complexity index is 982. The molecule has 2 heterocycles. The number of hydrogen-bond acceptors (Lipinski definition) is 4. The Labute approximate surface area is 162 Å². The molecule has 0 N–H and O–H groups in total. The second-order valence-electron chi connectivity index (χ2n) is 6.15. The van der Waals surface area contributed by atoms with Crippen LogP contribution >= 0.6 is 11.6 Å². The summed E-state index contributed by atoms with van der Waals surface area (Å²) < 4.78 is 16.5. The van der Waals surface area contributed by atoms with Crippen molar-refractivity contribution >= 4 is 17.5 Å². The van der Waals surface area contributed by atoms with Gasteiger partial charge in [0.25, 0.3) is 5.91 Å². The summed E-state index contributed by atoms with van der Waals surface area (Å²) in [5.41, 5.74) is 1.73. The lowest BCUT2D eigenvalue weighted by Gasteiger charge is -2.20. The first-order valence-corrected chi connectivity index (χ1v) is 9.06. The molecule has 0 saturated carbocycles. The van der Waals surface area contributed by atoms with Gasteiger partial charge in [0.15, 0.2) is 17.3 Å². The smallest absolute Gasteiger partial charge is 0.289 e. The number of halogens is 1. The topological polar surface area (TPSA) is 51.9 Å². The van der Waals surface area contributed by atoms with E-state index in [0.29, 0.717) is 29.6 Å². The van der Waals surface area contributed by atoms with E-state index in [4.69, 9.17) is 25.5 Å². The van der Waals surface area contributed by atoms with Crippen molar-refractivity contribution in [2.75, 3.05) is 13.3 Å². The molecule has 0 unspecified atom stereocenters. The van der Waals surface area contributed by atoms with E-state index in [1.807, 2.05) is 43.3 Å². The van der Waals surface area contributed by atoms with Crippen molar-refractivity contribution in [2.45, 2.75) is 13.5 Å². The molecule has 0 bridgehead atoms. The van der Waals surface area contributed by atoms with Gasteiger partial charge in [0.05, 0.1) is 5.02 Å². The summed E-state index contributed by atoms with van der Waals surface area (Å²) in [6.45, 7) is 3.17. The van der Waals surface area contributed by atoms with E-state index in [1.165, 1.54) is 0 Å². The zero-order chi connectivity index (χ0) is 18.8. The number of nitrogens with zero attached hydrogens (tertiary/aromatic N) is 1. The van der Waals surface area contributed by atoms with Crippen LogP contribution in [0, 0.1) is 0 Å². The summed E-state index contributed by atoms with van der Waals surface area (Å²) in [6, 6.07) is 16.5. The fraction of sp³-hybridized carbons (Fsp3) is 0.190. The Balaban J connectivity index is 1.53. The van der Waals surface area contributed by atoms with Gasteiger partial charge in [-0.3, -0.25) is 4.79 Å². The van der Waals surface area contributed by atoms with Crippen molar-refractivity contribution in [2.24, 2.45) is 0 Å². The van der Waals surface area contributed by atoms with Gasteiger partial charge in [-0.1, -0.05) is 29.8 Å². The summed E-state index contributed by atoms with van der Waals surface area (Å²) in [5, 5.41) is 0.582. The third-order valence-corrected chi connectivity index (χ3v) is 4.77. The highest BCUT2D eigenvalue weighted by Crippen LogP contribution is 2.33. The highest BCUT2D eigenvalue weighted by Gasteiger charge is 2.21. The average molecular weight is 384 g/mol. The van der Waals surface area contributed by atoms with Gasteiger partial charge in [0.2, 0.25) is 6.79 Å². The second kappa shape index (κ2) is 7.37. The summed E-state index contributed by atoms with van der Waals surface area (Å²) in [5.74, 6) is 2.11. The molecule has 0 saturated heterocycles. The lowest BCUT2D eigenvalue weighted by Crippen LogP contribution is -2.29. The van der Waals surface area contributed by atoms with E-state index < -0.39 is 0 Å². The molecule has 1 aliphatic heterocycles. The van der Waals surface area contributed by atoms with E-state index in [9.17, 15) is 4.79 Å². The molecular formula is C21H18ClNO4. The molecule has 0 aliphatic carbocycles. The van der Waals surface area contributed by atoms with Crippen LogP contribution in [0.15, 0.2) is 59.0 Å². The molecule has 4 rings (SSSR count). The van der Waals surface area contributed by atoms with Gasteiger partial charge in [0.1, 0.15) is 5.76 Å². The molecular weight excluding hydrogens is 366 g/mol. The summed E-state index contributed by atoms with van der Waals surface area (Å²) in [6.07, 6.45) is 0. The van der Waals surface area contributed by atoms with Crippen molar-refractivity contribution in [3.05, 3.63) is 70.9 Å². The Kier molecular flexibility index (Phi) is 4.77. The van der Waals surface area contributed by atoms with Crippen LogP contribution in [0.4, 0.5) is 0 Å². The first kappa shape index (κ1) is 17.5. The average Bonchev–Trinajstić information content (AvgIpc) is 3.35. The Morgan fingerprint density at radius 1 is 1.07 bits per heavy atom. The summed E-state index contributed by atoms with van der Waals surface area (Å²) in [4.78, 5) is 14.6. The minimum Gasteiger partial charge on any atom is -0.454 e. The third-order valence-electron chi connectivity index (χ3n) is 4.44. The molecule has 1 amide bonds. The van der Waals surface area contributed by atoms with Gasteiger partial charge in [-0.2, -0.15) is 0 Å². The van der Waals surface area contributed by atoms with Crippen molar-refractivity contribution < 1.29 is 18.7 Å². The van der Waals surface area contributed by atoms with Crippen LogP contribution in [-0.4, -0.2) is 24.1 Å². The van der Waals surface area contributed by atoms with Crippen LogP contribution in [0.25, 0.3) is 11.3 Å². The number of benzene rings is 2. The minimum atomic E-state index is -0.173. The van der Waals surface area contributed by atoms with Crippen molar-refractivity contribution in [1.29, 1.82) is 0 Å². The molecule has 5 nitrogen and oxygen atoms in total. The molecule has 0 spiro atoms. The molecule has 1 aromatic heterocycles. The Morgan fingerprint density at radius 3 is 2.70 bits per heavy atom. The highest BCUT2D eigenvalue weighted by molar-refractivity contribution is 6.33. The number of fused-ring (bicyclic) bond motifs is 1.